The van der Waals surface area contributed by atoms with Crippen molar-refractivity contribution >= 4 is 11.5 Å². The van der Waals surface area contributed by atoms with E-state index in [0.717, 1.165) is 23.5 Å². The lowest BCUT2D eigenvalue weighted by Crippen LogP contribution is -2.20. The fourth-order valence-corrected chi connectivity index (χ4v) is 2.45. The summed E-state index contributed by atoms with van der Waals surface area (Å²) >= 11 is 0. The smallest absolute Gasteiger partial charge is 0.171 e. The Bertz CT molecular complexity index is 667. The number of rotatable bonds is 4. The normalized spacial score (nSPS) is 12.8. The third kappa shape index (κ3) is 2.84. The Labute approximate surface area is 123 Å². The third-order valence-corrected chi connectivity index (χ3v) is 3.48. The van der Waals surface area contributed by atoms with E-state index in [0.29, 0.717) is 24.3 Å². The van der Waals surface area contributed by atoms with Crippen molar-refractivity contribution < 1.29 is 14.3 Å². The number of benzene rings is 2. The third-order valence-electron chi connectivity index (χ3n) is 3.48. The predicted octanol–water partition coefficient (Wildman–Crippen LogP) is 2.92. The zero-order chi connectivity index (χ0) is 14.7. The van der Waals surface area contributed by atoms with Crippen LogP contribution in [0.15, 0.2) is 42.5 Å². The lowest BCUT2D eigenvalue weighted by Gasteiger charge is -2.21. The molecular formula is C17H17NO3. The SMILES string of the molecule is COc1cccc(CC(=O)c2cccc3c2OCCN3)c1. The number of nitrogens with one attached hydrogen (secondary N) is 1. The Balaban J connectivity index is 1.85. The van der Waals surface area contributed by atoms with Crippen molar-refractivity contribution in [3.05, 3.63) is 53.6 Å². The Morgan fingerprint density at radius 1 is 1.29 bits per heavy atom. The number of anilines is 1. The molecule has 0 saturated carbocycles. The van der Waals surface area contributed by atoms with E-state index in [2.05, 4.69) is 5.32 Å². The highest BCUT2D eigenvalue weighted by Crippen LogP contribution is 2.32. The van der Waals surface area contributed by atoms with Gasteiger partial charge in [-0.15, -0.1) is 0 Å². The fourth-order valence-electron chi connectivity index (χ4n) is 2.45. The summed E-state index contributed by atoms with van der Waals surface area (Å²) in [6, 6.07) is 13.2. The summed E-state index contributed by atoms with van der Waals surface area (Å²) in [5, 5.41) is 3.24. The van der Waals surface area contributed by atoms with E-state index in [1.807, 2.05) is 42.5 Å². The molecule has 1 aliphatic rings. The summed E-state index contributed by atoms with van der Waals surface area (Å²) in [5.74, 6) is 1.47. The molecule has 1 aliphatic heterocycles. The van der Waals surface area contributed by atoms with Crippen LogP contribution in [0.25, 0.3) is 0 Å². The molecular weight excluding hydrogens is 266 g/mol. The van der Waals surface area contributed by atoms with Crippen molar-refractivity contribution in [2.24, 2.45) is 0 Å². The van der Waals surface area contributed by atoms with Gasteiger partial charge in [-0.2, -0.15) is 0 Å². The number of Topliss-reactive ketones (excluding diaryl/α,β-unsaturated/α-hetero) is 1. The van der Waals surface area contributed by atoms with Gasteiger partial charge in [-0.05, 0) is 29.8 Å². The Morgan fingerprint density at radius 2 is 2.14 bits per heavy atom. The molecule has 108 valence electrons. The van der Waals surface area contributed by atoms with Gasteiger partial charge in [0, 0.05) is 13.0 Å². The Kier molecular flexibility index (Phi) is 3.77. The molecule has 0 aliphatic carbocycles. The zero-order valence-corrected chi connectivity index (χ0v) is 11.9. The summed E-state index contributed by atoms with van der Waals surface area (Å²) in [5.41, 5.74) is 2.45. The Morgan fingerprint density at radius 3 is 3.00 bits per heavy atom. The Hall–Kier alpha value is -2.49. The largest absolute Gasteiger partial charge is 0.497 e. The van der Waals surface area contributed by atoms with E-state index in [9.17, 15) is 4.79 Å². The number of hydrogen-bond acceptors (Lipinski definition) is 4. The van der Waals surface area contributed by atoms with Crippen LogP contribution in [0.5, 0.6) is 11.5 Å². The van der Waals surface area contributed by atoms with Gasteiger partial charge in [-0.3, -0.25) is 4.79 Å². The van der Waals surface area contributed by atoms with Crippen molar-refractivity contribution in [2.75, 3.05) is 25.6 Å². The number of para-hydroxylation sites is 1. The molecule has 0 spiro atoms. The summed E-state index contributed by atoms with van der Waals surface area (Å²) in [6.07, 6.45) is 0.330. The maximum absolute atomic E-state index is 12.5. The van der Waals surface area contributed by atoms with Crippen LogP contribution in [-0.4, -0.2) is 26.0 Å². The van der Waals surface area contributed by atoms with Gasteiger partial charge < -0.3 is 14.8 Å². The highest BCUT2D eigenvalue weighted by atomic mass is 16.5. The van der Waals surface area contributed by atoms with E-state index >= 15 is 0 Å². The van der Waals surface area contributed by atoms with Crippen LogP contribution in [0.2, 0.25) is 0 Å². The average molecular weight is 283 g/mol. The first kappa shape index (κ1) is 13.5. The number of carbonyl (C=O) groups is 1. The quantitative estimate of drug-likeness (QED) is 0.876. The minimum atomic E-state index is 0.0452. The second-order valence-electron chi connectivity index (χ2n) is 4.91. The second kappa shape index (κ2) is 5.87. The van der Waals surface area contributed by atoms with Gasteiger partial charge in [0.25, 0.3) is 0 Å². The summed E-state index contributed by atoms with van der Waals surface area (Å²) in [6.45, 7) is 1.34. The van der Waals surface area contributed by atoms with E-state index < -0.39 is 0 Å². The molecule has 0 fully saturated rings. The molecule has 0 bridgehead atoms. The first-order valence-electron chi connectivity index (χ1n) is 6.94. The molecule has 2 aromatic carbocycles. The van der Waals surface area contributed by atoms with Crippen molar-refractivity contribution in [1.29, 1.82) is 0 Å². The van der Waals surface area contributed by atoms with Gasteiger partial charge >= 0.3 is 0 Å². The topological polar surface area (TPSA) is 47.6 Å². The molecule has 2 aromatic rings. The second-order valence-corrected chi connectivity index (χ2v) is 4.91. The number of hydrogen-bond donors (Lipinski definition) is 1. The predicted molar refractivity (Wildman–Crippen MR) is 81.5 cm³/mol. The molecule has 0 aromatic heterocycles. The lowest BCUT2D eigenvalue weighted by atomic mass is 10.0. The van der Waals surface area contributed by atoms with Crippen molar-refractivity contribution in [3.8, 4) is 11.5 Å². The van der Waals surface area contributed by atoms with Gasteiger partial charge in [-0.1, -0.05) is 18.2 Å². The van der Waals surface area contributed by atoms with E-state index in [4.69, 9.17) is 9.47 Å². The molecule has 1 heterocycles. The first-order chi connectivity index (χ1) is 10.3. The van der Waals surface area contributed by atoms with Crippen molar-refractivity contribution in [1.82, 2.24) is 0 Å². The van der Waals surface area contributed by atoms with Crippen LogP contribution in [-0.2, 0) is 6.42 Å². The number of fused-ring (bicyclic) bond motifs is 1. The van der Waals surface area contributed by atoms with Crippen LogP contribution >= 0.6 is 0 Å². The number of ether oxygens (including phenoxy) is 2. The van der Waals surface area contributed by atoms with Crippen LogP contribution < -0.4 is 14.8 Å². The van der Waals surface area contributed by atoms with Crippen molar-refractivity contribution in [2.45, 2.75) is 6.42 Å². The van der Waals surface area contributed by atoms with E-state index in [-0.39, 0.29) is 5.78 Å². The van der Waals surface area contributed by atoms with Crippen LogP contribution in [0, 0.1) is 0 Å². The average Bonchev–Trinajstić information content (AvgIpc) is 2.54. The van der Waals surface area contributed by atoms with Gasteiger partial charge in [0.05, 0.1) is 18.4 Å². The maximum Gasteiger partial charge on any atom is 0.171 e. The van der Waals surface area contributed by atoms with Gasteiger partial charge in [0.2, 0.25) is 0 Å². The van der Waals surface area contributed by atoms with E-state index in [1.165, 1.54) is 0 Å². The molecule has 0 unspecified atom stereocenters. The van der Waals surface area contributed by atoms with Gasteiger partial charge in [0.15, 0.2) is 11.5 Å². The van der Waals surface area contributed by atoms with Gasteiger partial charge in [-0.25, -0.2) is 0 Å². The molecule has 4 nitrogen and oxygen atoms in total. The highest BCUT2D eigenvalue weighted by molar-refractivity contribution is 6.01. The maximum atomic E-state index is 12.5. The minimum Gasteiger partial charge on any atom is -0.497 e. The lowest BCUT2D eigenvalue weighted by molar-refractivity contribution is 0.0989. The molecule has 0 radical (unpaired) electrons. The van der Waals surface area contributed by atoms with Crippen LogP contribution in [0.3, 0.4) is 0 Å². The highest BCUT2D eigenvalue weighted by Gasteiger charge is 2.19. The molecule has 0 atom stereocenters. The first-order valence-corrected chi connectivity index (χ1v) is 6.94. The van der Waals surface area contributed by atoms with E-state index in [1.54, 1.807) is 7.11 Å². The molecule has 4 heteroatoms. The number of ketones is 1. The molecule has 0 saturated heterocycles. The molecule has 21 heavy (non-hydrogen) atoms. The standard InChI is InChI=1S/C17H17NO3/c1-20-13-5-2-4-12(10-13)11-16(19)14-6-3-7-15-17(14)21-9-8-18-15/h2-7,10,18H,8-9,11H2,1H3. The molecule has 1 N–H and O–H groups in total. The van der Waals surface area contributed by atoms with Crippen LogP contribution in [0.4, 0.5) is 5.69 Å². The fraction of sp³-hybridized carbons (Fsp3) is 0.235. The minimum absolute atomic E-state index is 0.0452. The number of carbonyl (C=O) groups excluding carboxylic acids is 1. The van der Waals surface area contributed by atoms with Crippen LogP contribution in [0.1, 0.15) is 15.9 Å². The zero-order valence-electron chi connectivity index (χ0n) is 11.9. The van der Waals surface area contributed by atoms with Gasteiger partial charge in [0.1, 0.15) is 12.4 Å². The molecule has 3 rings (SSSR count). The molecule has 0 amide bonds. The monoisotopic (exact) mass is 283 g/mol. The summed E-state index contributed by atoms with van der Waals surface area (Å²) in [7, 11) is 1.62. The summed E-state index contributed by atoms with van der Waals surface area (Å²) in [4.78, 5) is 12.5. The number of methoxy groups -OCH3 is 1. The van der Waals surface area contributed by atoms with Crippen molar-refractivity contribution in [3.63, 3.8) is 0 Å². The summed E-state index contributed by atoms with van der Waals surface area (Å²) < 4.78 is 10.8.